The van der Waals surface area contributed by atoms with Gasteiger partial charge in [0.05, 0.1) is 25.7 Å². The molecule has 0 aliphatic carbocycles. The van der Waals surface area contributed by atoms with Crippen LogP contribution in [-0.4, -0.2) is 55.7 Å². The van der Waals surface area contributed by atoms with Crippen LogP contribution in [0.3, 0.4) is 0 Å². The number of hydrogen-bond donors (Lipinski definition) is 0. The largest absolute Gasteiger partial charge is 0.379 e. The number of nitrogens with zero attached hydrogens (tertiary/aromatic N) is 1. The van der Waals surface area contributed by atoms with Gasteiger partial charge in [0.25, 0.3) is 0 Å². The lowest BCUT2D eigenvalue weighted by molar-refractivity contribution is -0.130. The van der Waals surface area contributed by atoms with Crippen LogP contribution in [0.1, 0.15) is 13.8 Å². The predicted octanol–water partition coefficient (Wildman–Crippen LogP) is 0.313. The van der Waals surface area contributed by atoms with E-state index in [1.807, 2.05) is 13.8 Å². The number of carbonyl (C=O) groups is 1. The molecule has 0 N–H and O–H groups in total. The monoisotopic (exact) mass is 213 g/mol. The normalized spacial score (nSPS) is 32.1. The van der Waals surface area contributed by atoms with Gasteiger partial charge in [0.1, 0.15) is 5.60 Å². The Morgan fingerprint density at radius 1 is 1.40 bits per heavy atom. The van der Waals surface area contributed by atoms with E-state index in [2.05, 4.69) is 4.90 Å². The van der Waals surface area contributed by atoms with Gasteiger partial charge in [-0.15, -0.1) is 0 Å². The first-order valence-corrected chi connectivity index (χ1v) is 5.58. The molecule has 2 aliphatic heterocycles. The van der Waals surface area contributed by atoms with Crippen molar-refractivity contribution in [3.8, 4) is 0 Å². The fraction of sp³-hybridized carbons (Fsp3) is 0.909. The zero-order valence-corrected chi connectivity index (χ0v) is 9.49. The van der Waals surface area contributed by atoms with Crippen molar-refractivity contribution in [2.45, 2.75) is 19.4 Å². The van der Waals surface area contributed by atoms with Gasteiger partial charge in [0.2, 0.25) is 0 Å². The zero-order valence-electron chi connectivity index (χ0n) is 9.49. The van der Waals surface area contributed by atoms with E-state index in [1.165, 1.54) is 0 Å². The summed E-state index contributed by atoms with van der Waals surface area (Å²) in [4.78, 5) is 14.2. The molecule has 0 aromatic carbocycles. The van der Waals surface area contributed by atoms with E-state index in [-0.39, 0.29) is 11.7 Å². The number of Topliss-reactive ketones (excluding diaryl/α,β-unsaturated/α-hetero) is 1. The minimum absolute atomic E-state index is 0.0538. The van der Waals surface area contributed by atoms with Crippen LogP contribution < -0.4 is 0 Å². The Hall–Kier alpha value is -0.450. The molecule has 2 saturated heterocycles. The van der Waals surface area contributed by atoms with E-state index >= 15 is 0 Å². The molecule has 4 heteroatoms. The average molecular weight is 213 g/mol. The lowest BCUT2D eigenvalue weighted by Gasteiger charge is -2.28. The number of hydrogen-bond acceptors (Lipinski definition) is 4. The van der Waals surface area contributed by atoms with Crippen molar-refractivity contribution in [3.63, 3.8) is 0 Å². The van der Waals surface area contributed by atoms with Crippen molar-refractivity contribution >= 4 is 5.78 Å². The van der Waals surface area contributed by atoms with Crippen molar-refractivity contribution in [1.29, 1.82) is 0 Å². The molecule has 1 atom stereocenters. The first-order valence-electron chi connectivity index (χ1n) is 5.58. The van der Waals surface area contributed by atoms with Gasteiger partial charge >= 0.3 is 0 Å². The Bertz CT molecular complexity index is 246. The van der Waals surface area contributed by atoms with Crippen molar-refractivity contribution in [2.75, 3.05) is 39.5 Å². The molecule has 0 saturated carbocycles. The van der Waals surface area contributed by atoms with Gasteiger partial charge in [-0.25, -0.2) is 0 Å². The molecule has 0 amide bonds. The summed E-state index contributed by atoms with van der Waals surface area (Å²) in [6.07, 6.45) is 0. The molecule has 0 aromatic heterocycles. The van der Waals surface area contributed by atoms with E-state index in [0.29, 0.717) is 6.61 Å². The molecular formula is C11H19NO3. The van der Waals surface area contributed by atoms with Gasteiger partial charge in [-0.2, -0.15) is 0 Å². The van der Waals surface area contributed by atoms with Crippen LogP contribution in [0.5, 0.6) is 0 Å². The smallest absolute Gasteiger partial charge is 0.170 e. The molecule has 15 heavy (non-hydrogen) atoms. The minimum atomic E-state index is -0.572. The van der Waals surface area contributed by atoms with Gasteiger partial charge in [-0.05, 0) is 13.8 Å². The quantitative estimate of drug-likeness (QED) is 0.662. The third-order valence-electron chi connectivity index (χ3n) is 3.19. The summed E-state index contributed by atoms with van der Waals surface area (Å²) in [6, 6.07) is 0. The summed E-state index contributed by atoms with van der Waals surface area (Å²) in [5.74, 6) is 0.298. The highest BCUT2D eigenvalue weighted by Gasteiger charge is 2.42. The Morgan fingerprint density at radius 3 is 2.60 bits per heavy atom. The van der Waals surface area contributed by atoms with Crippen molar-refractivity contribution < 1.29 is 14.3 Å². The SMILES string of the molecule is CC1(C)OCC(CN2CCOCC2)C1=O. The van der Waals surface area contributed by atoms with Crippen LogP contribution in [0.15, 0.2) is 0 Å². The highest BCUT2D eigenvalue weighted by Crippen LogP contribution is 2.26. The number of morpholine rings is 1. The fourth-order valence-corrected chi connectivity index (χ4v) is 2.18. The topological polar surface area (TPSA) is 38.8 Å². The third kappa shape index (κ3) is 2.38. The second-order valence-electron chi connectivity index (χ2n) is 4.80. The molecule has 2 heterocycles. The molecule has 0 bridgehead atoms. The van der Waals surface area contributed by atoms with E-state index in [9.17, 15) is 4.79 Å². The number of ether oxygens (including phenoxy) is 2. The predicted molar refractivity (Wildman–Crippen MR) is 55.8 cm³/mol. The second-order valence-corrected chi connectivity index (χ2v) is 4.80. The maximum Gasteiger partial charge on any atom is 0.170 e. The number of carbonyl (C=O) groups excluding carboxylic acids is 1. The Kier molecular flexibility index (Phi) is 3.09. The molecule has 0 spiro atoms. The van der Waals surface area contributed by atoms with Crippen LogP contribution >= 0.6 is 0 Å². The number of rotatable bonds is 2. The second kappa shape index (κ2) is 4.20. The Labute approximate surface area is 90.5 Å². The number of ketones is 1. The first-order chi connectivity index (χ1) is 7.09. The van der Waals surface area contributed by atoms with Crippen LogP contribution in [0, 0.1) is 5.92 Å². The third-order valence-corrected chi connectivity index (χ3v) is 3.19. The van der Waals surface area contributed by atoms with Crippen LogP contribution in [0.4, 0.5) is 0 Å². The standard InChI is InChI=1S/C11H19NO3/c1-11(2)10(13)9(8-15-11)7-12-3-5-14-6-4-12/h9H,3-8H2,1-2H3. The van der Waals surface area contributed by atoms with E-state index in [4.69, 9.17) is 9.47 Å². The van der Waals surface area contributed by atoms with Crippen molar-refractivity contribution in [3.05, 3.63) is 0 Å². The van der Waals surface area contributed by atoms with Crippen LogP contribution in [-0.2, 0) is 14.3 Å². The van der Waals surface area contributed by atoms with Crippen molar-refractivity contribution in [1.82, 2.24) is 4.90 Å². The molecule has 86 valence electrons. The van der Waals surface area contributed by atoms with E-state index in [1.54, 1.807) is 0 Å². The van der Waals surface area contributed by atoms with E-state index < -0.39 is 5.60 Å². The van der Waals surface area contributed by atoms with Gasteiger partial charge in [-0.3, -0.25) is 9.69 Å². The minimum Gasteiger partial charge on any atom is -0.379 e. The van der Waals surface area contributed by atoms with Crippen LogP contribution in [0.2, 0.25) is 0 Å². The lowest BCUT2D eigenvalue weighted by atomic mass is 9.95. The Morgan fingerprint density at radius 2 is 2.07 bits per heavy atom. The summed E-state index contributed by atoms with van der Waals surface area (Å²) in [7, 11) is 0. The van der Waals surface area contributed by atoms with Crippen molar-refractivity contribution in [2.24, 2.45) is 5.92 Å². The fourth-order valence-electron chi connectivity index (χ4n) is 2.18. The summed E-state index contributed by atoms with van der Waals surface area (Å²) in [6.45, 7) is 8.54. The van der Waals surface area contributed by atoms with Gasteiger partial charge in [0, 0.05) is 19.6 Å². The molecule has 4 nitrogen and oxygen atoms in total. The molecule has 0 aromatic rings. The summed E-state index contributed by atoms with van der Waals surface area (Å²) < 4.78 is 10.8. The first kappa shape index (κ1) is 11.0. The lowest BCUT2D eigenvalue weighted by Crippen LogP contribution is -2.42. The summed E-state index contributed by atoms with van der Waals surface area (Å²) in [5.41, 5.74) is -0.572. The van der Waals surface area contributed by atoms with Gasteiger partial charge in [-0.1, -0.05) is 0 Å². The molecule has 0 radical (unpaired) electrons. The highest BCUT2D eigenvalue weighted by molar-refractivity contribution is 5.90. The van der Waals surface area contributed by atoms with Gasteiger partial charge in [0.15, 0.2) is 5.78 Å². The molecular weight excluding hydrogens is 194 g/mol. The van der Waals surface area contributed by atoms with Gasteiger partial charge < -0.3 is 9.47 Å². The zero-order chi connectivity index (χ0) is 10.9. The average Bonchev–Trinajstić information content (AvgIpc) is 2.47. The summed E-state index contributed by atoms with van der Waals surface area (Å²) in [5, 5.41) is 0. The molecule has 2 rings (SSSR count). The summed E-state index contributed by atoms with van der Waals surface area (Å²) >= 11 is 0. The maximum atomic E-state index is 11.9. The molecule has 2 aliphatic rings. The van der Waals surface area contributed by atoms with E-state index in [0.717, 1.165) is 32.8 Å². The molecule has 1 unspecified atom stereocenters. The Balaban J connectivity index is 1.87. The molecule has 2 fully saturated rings. The maximum absolute atomic E-state index is 11.9. The van der Waals surface area contributed by atoms with Crippen LogP contribution in [0.25, 0.3) is 0 Å². The highest BCUT2D eigenvalue weighted by atomic mass is 16.5.